The zero-order valence-electron chi connectivity index (χ0n) is 12.2. The summed E-state index contributed by atoms with van der Waals surface area (Å²) in [5.74, 6) is 2.33. The molecule has 0 atom stereocenters. The van der Waals surface area contributed by atoms with Crippen molar-refractivity contribution in [2.75, 3.05) is 5.75 Å². The second kappa shape index (κ2) is 6.55. The van der Waals surface area contributed by atoms with Crippen molar-refractivity contribution in [1.29, 1.82) is 0 Å². The lowest BCUT2D eigenvalue weighted by molar-refractivity contribution is 0.378. The third kappa shape index (κ3) is 3.30. The topological polar surface area (TPSA) is 67.6 Å². The van der Waals surface area contributed by atoms with Crippen molar-refractivity contribution in [2.45, 2.75) is 18.0 Å². The van der Waals surface area contributed by atoms with Crippen molar-refractivity contribution in [3.8, 4) is 10.7 Å². The third-order valence-electron chi connectivity index (χ3n) is 3.35. The van der Waals surface area contributed by atoms with E-state index in [0.717, 1.165) is 39.7 Å². The minimum Gasteiger partial charge on any atom is -0.339 e. The second-order valence-electron chi connectivity index (χ2n) is 5.00. The highest BCUT2D eigenvalue weighted by atomic mass is 32.2. The van der Waals surface area contributed by atoms with E-state index in [0.29, 0.717) is 11.7 Å². The number of imidazole rings is 1. The summed E-state index contributed by atoms with van der Waals surface area (Å²) in [6.07, 6.45) is 1.75. The molecule has 0 spiro atoms. The second-order valence-corrected chi connectivity index (χ2v) is 7.03. The van der Waals surface area contributed by atoms with Crippen LogP contribution in [0.5, 0.6) is 0 Å². The number of aryl methyl sites for hydroxylation is 1. The number of thiophene rings is 1. The summed E-state index contributed by atoms with van der Waals surface area (Å²) in [5.41, 5.74) is 2.08. The van der Waals surface area contributed by atoms with Crippen LogP contribution in [0.15, 0.2) is 51.5 Å². The maximum atomic E-state index is 5.30. The summed E-state index contributed by atoms with van der Waals surface area (Å²) in [6, 6.07) is 12.0. The Bertz CT molecular complexity index is 865. The van der Waals surface area contributed by atoms with Crippen LogP contribution in [0.25, 0.3) is 21.7 Å². The molecule has 0 radical (unpaired) electrons. The van der Waals surface area contributed by atoms with E-state index in [1.807, 2.05) is 41.8 Å². The largest absolute Gasteiger partial charge is 0.339 e. The van der Waals surface area contributed by atoms with Crippen LogP contribution in [0.3, 0.4) is 0 Å². The molecule has 0 aliphatic carbocycles. The van der Waals surface area contributed by atoms with Crippen LogP contribution in [0.1, 0.15) is 12.3 Å². The number of hydrogen-bond acceptors (Lipinski definition) is 6. The summed E-state index contributed by atoms with van der Waals surface area (Å²) in [5, 5.41) is 6.99. The quantitative estimate of drug-likeness (QED) is 0.415. The summed E-state index contributed by atoms with van der Waals surface area (Å²) < 4.78 is 5.30. The number of rotatable bonds is 6. The van der Waals surface area contributed by atoms with E-state index in [4.69, 9.17) is 4.52 Å². The van der Waals surface area contributed by atoms with Gasteiger partial charge >= 0.3 is 0 Å². The molecule has 0 aliphatic rings. The van der Waals surface area contributed by atoms with Crippen molar-refractivity contribution in [1.82, 2.24) is 20.1 Å². The van der Waals surface area contributed by atoms with Gasteiger partial charge in [-0.25, -0.2) is 4.98 Å². The van der Waals surface area contributed by atoms with Gasteiger partial charge in [-0.2, -0.15) is 4.98 Å². The van der Waals surface area contributed by atoms with Gasteiger partial charge in [0.05, 0.1) is 15.9 Å². The van der Waals surface area contributed by atoms with E-state index in [9.17, 15) is 0 Å². The van der Waals surface area contributed by atoms with Crippen molar-refractivity contribution in [3.05, 3.63) is 47.7 Å². The molecule has 4 aromatic rings. The first-order chi connectivity index (χ1) is 11.4. The number of para-hydroxylation sites is 2. The van der Waals surface area contributed by atoms with Gasteiger partial charge in [-0.15, -0.1) is 11.3 Å². The van der Waals surface area contributed by atoms with Crippen LogP contribution in [-0.4, -0.2) is 25.9 Å². The molecule has 3 heterocycles. The molecule has 116 valence electrons. The highest BCUT2D eigenvalue weighted by Gasteiger charge is 2.09. The summed E-state index contributed by atoms with van der Waals surface area (Å²) in [7, 11) is 0. The number of benzene rings is 1. The average Bonchev–Trinajstić information content (AvgIpc) is 3.30. The predicted molar refractivity (Wildman–Crippen MR) is 92.7 cm³/mol. The van der Waals surface area contributed by atoms with Gasteiger partial charge in [-0.05, 0) is 30.0 Å². The molecule has 0 unspecified atom stereocenters. The number of nitrogens with zero attached hydrogens (tertiary/aromatic N) is 3. The van der Waals surface area contributed by atoms with Gasteiger partial charge in [0.1, 0.15) is 0 Å². The highest BCUT2D eigenvalue weighted by Crippen LogP contribution is 2.23. The van der Waals surface area contributed by atoms with Gasteiger partial charge in [0.2, 0.25) is 11.7 Å². The molecule has 0 fully saturated rings. The molecule has 5 nitrogen and oxygen atoms in total. The van der Waals surface area contributed by atoms with Crippen LogP contribution < -0.4 is 0 Å². The molecule has 0 saturated carbocycles. The molecule has 0 bridgehead atoms. The van der Waals surface area contributed by atoms with E-state index in [1.165, 1.54) is 0 Å². The number of nitrogens with one attached hydrogen (secondary N) is 1. The maximum Gasteiger partial charge on any atom is 0.227 e. The molecule has 1 aromatic carbocycles. The van der Waals surface area contributed by atoms with Crippen LogP contribution in [0, 0.1) is 0 Å². The van der Waals surface area contributed by atoms with Crippen molar-refractivity contribution in [2.24, 2.45) is 0 Å². The number of fused-ring (bicyclic) bond motifs is 1. The van der Waals surface area contributed by atoms with E-state index in [2.05, 4.69) is 20.1 Å². The van der Waals surface area contributed by atoms with E-state index in [-0.39, 0.29) is 0 Å². The molecule has 0 saturated heterocycles. The molecule has 0 amide bonds. The normalized spacial score (nSPS) is 11.3. The monoisotopic (exact) mass is 342 g/mol. The number of thioether (sulfide) groups is 1. The third-order valence-corrected chi connectivity index (χ3v) is 5.18. The van der Waals surface area contributed by atoms with Gasteiger partial charge in [-0.3, -0.25) is 0 Å². The number of aromatic amines is 1. The molecule has 0 aliphatic heterocycles. The summed E-state index contributed by atoms with van der Waals surface area (Å²) >= 11 is 3.33. The zero-order chi connectivity index (χ0) is 15.5. The van der Waals surface area contributed by atoms with Gasteiger partial charge in [0, 0.05) is 12.2 Å². The molecule has 7 heteroatoms. The van der Waals surface area contributed by atoms with Crippen LogP contribution >= 0.6 is 23.1 Å². The first-order valence-electron chi connectivity index (χ1n) is 7.32. The van der Waals surface area contributed by atoms with Crippen LogP contribution in [0.4, 0.5) is 0 Å². The number of aromatic nitrogens is 4. The minimum absolute atomic E-state index is 0.680. The zero-order valence-corrected chi connectivity index (χ0v) is 13.9. The lowest BCUT2D eigenvalue weighted by Crippen LogP contribution is -1.89. The fourth-order valence-corrected chi connectivity index (χ4v) is 3.73. The van der Waals surface area contributed by atoms with Crippen molar-refractivity contribution < 1.29 is 4.52 Å². The van der Waals surface area contributed by atoms with Crippen molar-refractivity contribution >= 4 is 34.1 Å². The van der Waals surface area contributed by atoms with Crippen LogP contribution in [-0.2, 0) is 6.42 Å². The summed E-state index contributed by atoms with van der Waals surface area (Å²) in [6.45, 7) is 0. The Morgan fingerprint density at radius 1 is 1.13 bits per heavy atom. The first kappa shape index (κ1) is 14.5. The average molecular weight is 342 g/mol. The molecule has 3 aromatic heterocycles. The van der Waals surface area contributed by atoms with Gasteiger partial charge < -0.3 is 9.51 Å². The van der Waals surface area contributed by atoms with Gasteiger partial charge in [-0.1, -0.05) is 35.1 Å². The Balaban J connectivity index is 1.30. The Morgan fingerprint density at radius 2 is 2.09 bits per heavy atom. The number of H-pyrrole nitrogens is 1. The molecule has 4 rings (SSSR count). The van der Waals surface area contributed by atoms with Crippen molar-refractivity contribution in [3.63, 3.8) is 0 Å². The van der Waals surface area contributed by atoms with Crippen LogP contribution in [0.2, 0.25) is 0 Å². The van der Waals surface area contributed by atoms with Gasteiger partial charge in [0.25, 0.3) is 0 Å². The predicted octanol–water partition coefficient (Wildman–Crippen LogP) is 4.40. The molecular formula is C16H14N4OS2. The lowest BCUT2D eigenvalue weighted by Gasteiger charge is -1.95. The van der Waals surface area contributed by atoms with E-state index in [1.54, 1.807) is 23.1 Å². The maximum absolute atomic E-state index is 5.30. The van der Waals surface area contributed by atoms with E-state index < -0.39 is 0 Å². The van der Waals surface area contributed by atoms with Gasteiger partial charge in [0.15, 0.2) is 5.16 Å². The molecule has 23 heavy (non-hydrogen) atoms. The Hall–Kier alpha value is -2.12. The fraction of sp³-hybridized carbons (Fsp3) is 0.188. The molecular weight excluding hydrogens is 328 g/mol. The lowest BCUT2D eigenvalue weighted by atomic mass is 10.3. The minimum atomic E-state index is 0.680. The summed E-state index contributed by atoms with van der Waals surface area (Å²) in [4.78, 5) is 13.3. The SMILES string of the molecule is c1csc(-c2noc(CCCSc3nc4ccccc4[nH]3)n2)c1. The smallest absolute Gasteiger partial charge is 0.227 e. The molecule has 1 N–H and O–H groups in total. The van der Waals surface area contributed by atoms with E-state index >= 15 is 0 Å². The Kier molecular flexibility index (Phi) is 4.12. The fourth-order valence-electron chi connectivity index (χ4n) is 2.25. The Morgan fingerprint density at radius 3 is 2.96 bits per heavy atom. The standard InChI is InChI=1S/C16H14N4OS2/c1-2-6-12-11(5-1)17-16(18-12)23-10-4-8-14-19-15(20-21-14)13-7-3-9-22-13/h1-3,5-7,9H,4,8,10H2,(H,17,18). The first-order valence-corrected chi connectivity index (χ1v) is 9.19. The Labute approximate surface area is 141 Å². The number of hydrogen-bond donors (Lipinski definition) is 1. The highest BCUT2D eigenvalue weighted by molar-refractivity contribution is 7.99.